The highest BCUT2D eigenvalue weighted by molar-refractivity contribution is 5.95. The Balaban J connectivity index is 1.78. The molecule has 0 saturated carbocycles. The summed E-state index contributed by atoms with van der Waals surface area (Å²) in [4.78, 5) is 23.8. The van der Waals surface area contributed by atoms with E-state index in [1.165, 1.54) is 0 Å². The quantitative estimate of drug-likeness (QED) is 0.607. The van der Waals surface area contributed by atoms with Gasteiger partial charge in [-0.3, -0.25) is 20.4 Å². The van der Waals surface area contributed by atoms with Crippen LogP contribution in [-0.4, -0.2) is 18.4 Å². The summed E-state index contributed by atoms with van der Waals surface area (Å²) in [7, 11) is 0. The minimum absolute atomic E-state index is 0.214. The van der Waals surface area contributed by atoms with Gasteiger partial charge in [0.1, 0.15) is 5.75 Å². The Kier molecular flexibility index (Phi) is 6.83. The monoisotopic (exact) mass is 326 g/mol. The number of hydrazine groups is 1. The molecule has 0 spiro atoms. The summed E-state index contributed by atoms with van der Waals surface area (Å²) in [5, 5.41) is 0. The van der Waals surface area contributed by atoms with Crippen molar-refractivity contribution in [2.45, 2.75) is 26.2 Å². The molecular formula is C19H22N2O3. The van der Waals surface area contributed by atoms with Gasteiger partial charge in [0.05, 0.1) is 13.0 Å². The number of hydrogen-bond acceptors (Lipinski definition) is 3. The molecule has 5 nitrogen and oxygen atoms in total. The molecule has 2 aromatic carbocycles. The summed E-state index contributed by atoms with van der Waals surface area (Å²) in [6, 6.07) is 16.2. The molecule has 0 saturated heterocycles. The normalized spacial score (nSPS) is 10.0. The van der Waals surface area contributed by atoms with Crippen LogP contribution in [0.2, 0.25) is 0 Å². The molecule has 0 aliphatic heterocycles. The Labute approximate surface area is 142 Å². The second-order valence-electron chi connectivity index (χ2n) is 5.39. The molecule has 0 aromatic heterocycles. The van der Waals surface area contributed by atoms with Gasteiger partial charge in [-0.1, -0.05) is 43.7 Å². The van der Waals surface area contributed by atoms with E-state index in [4.69, 9.17) is 4.74 Å². The van der Waals surface area contributed by atoms with Gasteiger partial charge in [0.15, 0.2) is 0 Å². The van der Waals surface area contributed by atoms with Crippen LogP contribution in [0.3, 0.4) is 0 Å². The van der Waals surface area contributed by atoms with Gasteiger partial charge in [-0.15, -0.1) is 0 Å². The van der Waals surface area contributed by atoms with E-state index < -0.39 is 0 Å². The van der Waals surface area contributed by atoms with Crippen molar-refractivity contribution in [2.75, 3.05) is 6.61 Å². The van der Waals surface area contributed by atoms with Crippen molar-refractivity contribution >= 4 is 11.8 Å². The number of benzene rings is 2. The van der Waals surface area contributed by atoms with Crippen LogP contribution in [0.1, 0.15) is 35.7 Å². The molecule has 0 aliphatic carbocycles. The van der Waals surface area contributed by atoms with Gasteiger partial charge in [-0.2, -0.15) is 0 Å². The van der Waals surface area contributed by atoms with E-state index in [1.807, 2.05) is 30.3 Å². The molecule has 0 unspecified atom stereocenters. The minimum Gasteiger partial charge on any atom is -0.494 e. The maximum Gasteiger partial charge on any atom is 0.269 e. The molecule has 0 radical (unpaired) electrons. The third kappa shape index (κ3) is 5.76. The van der Waals surface area contributed by atoms with Crippen LogP contribution in [0.25, 0.3) is 0 Å². The molecular weight excluding hydrogens is 304 g/mol. The lowest BCUT2D eigenvalue weighted by atomic mass is 10.1. The molecule has 2 rings (SSSR count). The lowest BCUT2D eigenvalue weighted by molar-refractivity contribution is -0.121. The molecule has 0 bridgehead atoms. The first-order chi connectivity index (χ1) is 11.7. The second-order valence-corrected chi connectivity index (χ2v) is 5.39. The number of unbranched alkanes of at least 4 members (excludes halogenated alkanes) is 1. The van der Waals surface area contributed by atoms with Gasteiger partial charge in [0.25, 0.3) is 5.91 Å². The topological polar surface area (TPSA) is 67.4 Å². The molecule has 2 amide bonds. The summed E-state index contributed by atoms with van der Waals surface area (Å²) in [6.45, 7) is 2.76. The van der Waals surface area contributed by atoms with Crippen LogP contribution >= 0.6 is 0 Å². The third-order valence-electron chi connectivity index (χ3n) is 3.41. The summed E-state index contributed by atoms with van der Waals surface area (Å²) >= 11 is 0. The molecule has 126 valence electrons. The number of amides is 2. The fourth-order valence-corrected chi connectivity index (χ4v) is 2.06. The highest BCUT2D eigenvalue weighted by Gasteiger charge is 2.08. The second kappa shape index (κ2) is 9.35. The summed E-state index contributed by atoms with van der Waals surface area (Å²) < 4.78 is 5.54. The number of rotatable bonds is 7. The van der Waals surface area contributed by atoms with Gasteiger partial charge in [0, 0.05) is 5.56 Å². The fourth-order valence-electron chi connectivity index (χ4n) is 2.06. The van der Waals surface area contributed by atoms with Gasteiger partial charge >= 0.3 is 0 Å². The maximum atomic E-state index is 12.0. The molecule has 0 fully saturated rings. The van der Waals surface area contributed by atoms with Crippen molar-refractivity contribution in [1.82, 2.24) is 10.9 Å². The van der Waals surface area contributed by atoms with Gasteiger partial charge in [0.2, 0.25) is 5.91 Å². The van der Waals surface area contributed by atoms with Crippen LogP contribution in [-0.2, 0) is 11.2 Å². The summed E-state index contributed by atoms with van der Waals surface area (Å²) in [5.41, 5.74) is 6.17. The van der Waals surface area contributed by atoms with Crippen LogP contribution in [0.4, 0.5) is 0 Å². The number of hydrogen-bond donors (Lipinski definition) is 2. The van der Waals surface area contributed by atoms with Crippen LogP contribution in [0, 0.1) is 0 Å². The highest BCUT2D eigenvalue weighted by Crippen LogP contribution is 2.12. The minimum atomic E-state index is -0.364. The van der Waals surface area contributed by atoms with E-state index in [-0.39, 0.29) is 18.2 Å². The zero-order chi connectivity index (χ0) is 17.2. The SMILES string of the molecule is CCCCOc1ccc(C(=O)NNC(=O)Cc2ccccc2)cc1. The van der Waals surface area contributed by atoms with Crippen molar-refractivity contribution in [3.8, 4) is 5.75 Å². The number of carbonyl (C=O) groups excluding carboxylic acids is 2. The zero-order valence-electron chi connectivity index (χ0n) is 13.7. The Hall–Kier alpha value is -2.82. The third-order valence-corrected chi connectivity index (χ3v) is 3.41. The maximum absolute atomic E-state index is 12.0. The van der Waals surface area contributed by atoms with Gasteiger partial charge < -0.3 is 4.74 Å². The van der Waals surface area contributed by atoms with E-state index in [0.29, 0.717) is 12.2 Å². The predicted octanol–water partition coefficient (Wildman–Crippen LogP) is 2.87. The predicted molar refractivity (Wildman–Crippen MR) is 92.6 cm³/mol. The average molecular weight is 326 g/mol. The Morgan fingerprint density at radius 3 is 2.33 bits per heavy atom. The molecule has 0 heterocycles. The first-order valence-electron chi connectivity index (χ1n) is 8.05. The fraction of sp³-hybridized carbons (Fsp3) is 0.263. The Morgan fingerprint density at radius 2 is 1.67 bits per heavy atom. The Bertz CT molecular complexity index is 654. The highest BCUT2D eigenvalue weighted by atomic mass is 16.5. The van der Waals surface area contributed by atoms with Crippen LogP contribution < -0.4 is 15.6 Å². The van der Waals surface area contributed by atoms with Crippen molar-refractivity contribution in [2.24, 2.45) is 0 Å². The Morgan fingerprint density at radius 1 is 0.958 bits per heavy atom. The number of nitrogens with one attached hydrogen (secondary N) is 2. The number of carbonyl (C=O) groups is 2. The standard InChI is InChI=1S/C19H22N2O3/c1-2-3-13-24-17-11-9-16(10-12-17)19(23)21-20-18(22)14-15-7-5-4-6-8-15/h4-12H,2-3,13-14H2,1H3,(H,20,22)(H,21,23). The van der Waals surface area contributed by atoms with Crippen molar-refractivity contribution in [1.29, 1.82) is 0 Å². The first-order valence-corrected chi connectivity index (χ1v) is 8.05. The van der Waals surface area contributed by atoms with Gasteiger partial charge in [-0.25, -0.2) is 0 Å². The lowest BCUT2D eigenvalue weighted by Gasteiger charge is -2.09. The van der Waals surface area contributed by atoms with E-state index >= 15 is 0 Å². The molecule has 0 atom stereocenters. The number of ether oxygens (including phenoxy) is 1. The van der Waals surface area contributed by atoms with Crippen molar-refractivity contribution in [3.05, 3.63) is 65.7 Å². The summed E-state index contributed by atoms with van der Waals surface area (Å²) in [5.74, 6) is 0.0960. The largest absolute Gasteiger partial charge is 0.494 e. The first kappa shape index (κ1) is 17.5. The van der Waals surface area contributed by atoms with Crippen molar-refractivity contribution < 1.29 is 14.3 Å². The molecule has 2 aromatic rings. The van der Waals surface area contributed by atoms with Gasteiger partial charge in [-0.05, 0) is 36.2 Å². The smallest absolute Gasteiger partial charge is 0.269 e. The molecule has 0 aliphatic rings. The van der Waals surface area contributed by atoms with E-state index in [1.54, 1.807) is 24.3 Å². The molecule has 5 heteroatoms. The lowest BCUT2D eigenvalue weighted by Crippen LogP contribution is -2.42. The van der Waals surface area contributed by atoms with E-state index in [0.717, 1.165) is 24.2 Å². The van der Waals surface area contributed by atoms with Crippen LogP contribution in [0.15, 0.2) is 54.6 Å². The van der Waals surface area contributed by atoms with Crippen molar-refractivity contribution in [3.63, 3.8) is 0 Å². The summed E-state index contributed by atoms with van der Waals surface area (Å²) in [6.07, 6.45) is 2.28. The van der Waals surface area contributed by atoms with Crippen LogP contribution in [0.5, 0.6) is 5.75 Å². The molecule has 24 heavy (non-hydrogen) atoms. The molecule has 2 N–H and O–H groups in total. The van der Waals surface area contributed by atoms with E-state index in [9.17, 15) is 9.59 Å². The average Bonchev–Trinajstić information content (AvgIpc) is 2.61. The zero-order valence-corrected chi connectivity index (χ0v) is 13.7. The van der Waals surface area contributed by atoms with E-state index in [2.05, 4.69) is 17.8 Å².